The SMILES string of the molecule is Cc1nc2[nH]n(C)c(=O)c2c(C)c1CCC(=O)N(CCN)CCc1ccccc1. The molecule has 29 heavy (non-hydrogen) atoms. The van der Waals surface area contributed by atoms with E-state index < -0.39 is 0 Å². The molecule has 0 unspecified atom stereocenters. The van der Waals surface area contributed by atoms with Crippen molar-refractivity contribution in [3.05, 3.63) is 63.1 Å². The summed E-state index contributed by atoms with van der Waals surface area (Å²) >= 11 is 0. The molecule has 1 amide bonds. The number of nitrogens with two attached hydrogens (primary N) is 1. The van der Waals surface area contributed by atoms with E-state index in [2.05, 4.69) is 22.2 Å². The molecule has 0 spiro atoms. The van der Waals surface area contributed by atoms with Crippen molar-refractivity contribution in [1.29, 1.82) is 0 Å². The van der Waals surface area contributed by atoms with Gasteiger partial charge in [-0.2, -0.15) is 0 Å². The third-order valence-electron chi connectivity index (χ3n) is 5.43. The molecule has 1 aromatic carbocycles. The molecular formula is C22H29N5O2. The first-order valence-corrected chi connectivity index (χ1v) is 9.99. The Morgan fingerprint density at radius 2 is 1.90 bits per heavy atom. The minimum absolute atomic E-state index is 0.0762. The summed E-state index contributed by atoms with van der Waals surface area (Å²) < 4.78 is 1.44. The van der Waals surface area contributed by atoms with Crippen LogP contribution in [0.3, 0.4) is 0 Å². The van der Waals surface area contributed by atoms with Crippen LogP contribution in [0.5, 0.6) is 0 Å². The maximum atomic E-state index is 12.9. The molecule has 154 valence electrons. The Balaban J connectivity index is 1.72. The van der Waals surface area contributed by atoms with Gasteiger partial charge in [-0.15, -0.1) is 0 Å². The topological polar surface area (TPSA) is 97.0 Å². The fourth-order valence-electron chi connectivity index (χ4n) is 3.80. The zero-order valence-corrected chi connectivity index (χ0v) is 17.4. The molecule has 0 fully saturated rings. The number of H-pyrrole nitrogens is 1. The fourth-order valence-corrected chi connectivity index (χ4v) is 3.80. The summed E-state index contributed by atoms with van der Waals surface area (Å²) in [5.41, 5.74) is 10.1. The normalized spacial score (nSPS) is 11.2. The van der Waals surface area contributed by atoms with Crippen LogP contribution in [0.15, 0.2) is 35.1 Å². The number of hydrogen-bond acceptors (Lipinski definition) is 4. The molecule has 7 nitrogen and oxygen atoms in total. The van der Waals surface area contributed by atoms with Gasteiger partial charge in [0.05, 0.1) is 5.39 Å². The number of benzene rings is 1. The molecule has 0 aliphatic rings. The lowest BCUT2D eigenvalue weighted by atomic mass is 10.00. The van der Waals surface area contributed by atoms with E-state index in [0.29, 0.717) is 43.5 Å². The molecule has 2 aromatic heterocycles. The van der Waals surface area contributed by atoms with E-state index in [9.17, 15) is 9.59 Å². The lowest BCUT2D eigenvalue weighted by Gasteiger charge is -2.22. The highest BCUT2D eigenvalue weighted by molar-refractivity contribution is 5.80. The lowest BCUT2D eigenvalue weighted by Crippen LogP contribution is -2.37. The quantitative estimate of drug-likeness (QED) is 0.608. The Hall–Kier alpha value is -2.93. The Bertz CT molecular complexity index is 1050. The summed E-state index contributed by atoms with van der Waals surface area (Å²) in [5.74, 6) is 0.0762. The average Bonchev–Trinajstić information content (AvgIpc) is 2.99. The van der Waals surface area contributed by atoms with Crippen LogP contribution in [0, 0.1) is 13.8 Å². The Morgan fingerprint density at radius 3 is 2.59 bits per heavy atom. The minimum Gasteiger partial charge on any atom is -0.341 e. The van der Waals surface area contributed by atoms with Gasteiger partial charge in [-0.05, 0) is 43.4 Å². The maximum Gasteiger partial charge on any atom is 0.276 e. The van der Waals surface area contributed by atoms with Gasteiger partial charge in [0.1, 0.15) is 0 Å². The molecule has 7 heteroatoms. The van der Waals surface area contributed by atoms with Crippen LogP contribution in [0.1, 0.15) is 28.8 Å². The molecule has 0 bridgehead atoms. The number of fused-ring (bicyclic) bond motifs is 1. The summed E-state index contributed by atoms with van der Waals surface area (Å²) in [6.07, 6.45) is 1.73. The minimum atomic E-state index is -0.0924. The van der Waals surface area contributed by atoms with Gasteiger partial charge in [-0.1, -0.05) is 30.3 Å². The van der Waals surface area contributed by atoms with Crippen LogP contribution in [0.2, 0.25) is 0 Å². The van der Waals surface area contributed by atoms with Crippen molar-refractivity contribution >= 4 is 16.9 Å². The van der Waals surface area contributed by atoms with Gasteiger partial charge in [-0.25, -0.2) is 4.98 Å². The van der Waals surface area contributed by atoms with Gasteiger partial charge in [-0.3, -0.25) is 19.4 Å². The van der Waals surface area contributed by atoms with Gasteiger partial charge in [0.2, 0.25) is 5.91 Å². The second-order valence-electron chi connectivity index (χ2n) is 7.41. The van der Waals surface area contributed by atoms with E-state index in [1.807, 2.05) is 36.9 Å². The predicted octanol–water partition coefficient (Wildman–Crippen LogP) is 1.84. The van der Waals surface area contributed by atoms with Crippen molar-refractivity contribution in [2.24, 2.45) is 12.8 Å². The number of aryl methyl sites for hydroxylation is 3. The fraction of sp³-hybridized carbons (Fsp3) is 0.409. The number of rotatable bonds is 8. The number of carbonyl (C=O) groups is 1. The predicted molar refractivity (Wildman–Crippen MR) is 115 cm³/mol. The van der Waals surface area contributed by atoms with Crippen LogP contribution in [0.4, 0.5) is 0 Å². The number of hydrogen-bond donors (Lipinski definition) is 2. The molecule has 3 N–H and O–H groups in total. The summed E-state index contributed by atoms with van der Waals surface area (Å²) in [7, 11) is 1.68. The van der Waals surface area contributed by atoms with Crippen molar-refractivity contribution in [3.63, 3.8) is 0 Å². The largest absolute Gasteiger partial charge is 0.341 e. The highest BCUT2D eigenvalue weighted by Gasteiger charge is 2.18. The molecule has 0 saturated carbocycles. The standard InChI is InChI=1S/C22H29N5O2/c1-15-18(16(2)24-21-20(15)22(29)26(3)25-21)9-10-19(28)27(14-12-23)13-11-17-7-5-4-6-8-17/h4-8H,9-14,23H2,1-3H3,(H,24,25). The van der Waals surface area contributed by atoms with Crippen LogP contribution in [0.25, 0.3) is 11.0 Å². The number of nitrogens with zero attached hydrogens (tertiary/aromatic N) is 3. The van der Waals surface area contributed by atoms with Crippen molar-refractivity contribution in [1.82, 2.24) is 19.7 Å². The monoisotopic (exact) mass is 395 g/mol. The van der Waals surface area contributed by atoms with Crippen molar-refractivity contribution in [2.75, 3.05) is 19.6 Å². The summed E-state index contributed by atoms with van der Waals surface area (Å²) in [4.78, 5) is 31.6. The third kappa shape index (κ3) is 4.56. The van der Waals surface area contributed by atoms with Gasteiger partial charge in [0.15, 0.2) is 5.65 Å². The van der Waals surface area contributed by atoms with Gasteiger partial charge >= 0.3 is 0 Å². The zero-order valence-electron chi connectivity index (χ0n) is 17.4. The number of carbonyl (C=O) groups excluding carboxylic acids is 1. The molecule has 0 saturated heterocycles. The molecular weight excluding hydrogens is 366 g/mol. The second-order valence-corrected chi connectivity index (χ2v) is 7.41. The number of aromatic nitrogens is 3. The number of pyridine rings is 1. The molecule has 3 rings (SSSR count). The van der Waals surface area contributed by atoms with E-state index in [4.69, 9.17) is 5.73 Å². The molecule has 0 radical (unpaired) electrons. The van der Waals surface area contributed by atoms with Gasteiger partial charge in [0, 0.05) is 38.8 Å². The zero-order chi connectivity index (χ0) is 21.0. The Morgan fingerprint density at radius 1 is 1.17 bits per heavy atom. The lowest BCUT2D eigenvalue weighted by molar-refractivity contribution is -0.131. The number of amides is 1. The van der Waals surface area contributed by atoms with E-state index in [1.54, 1.807) is 7.05 Å². The van der Waals surface area contributed by atoms with E-state index in [1.165, 1.54) is 10.2 Å². The molecule has 0 atom stereocenters. The first-order valence-electron chi connectivity index (χ1n) is 9.99. The Labute approximate surface area is 170 Å². The number of nitrogens with one attached hydrogen (secondary N) is 1. The van der Waals surface area contributed by atoms with Gasteiger partial charge < -0.3 is 10.6 Å². The van der Waals surface area contributed by atoms with E-state index >= 15 is 0 Å². The van der Waals surface area contributed by atoms with Crippen molar-refractivity contribution in [3.8, 4) is 0 Å². The first kappa shape index (κ1) is 20.8. The van der Waals surface area contributed by atoms with Crippen LogP contribution >= 0.6 is 0 Å². The average molecular weight is 396 g/mol. The smallest absolute Gasteiger partial charge is 0.276 e. The van der Waals surface area contributed by atoms with Crippen molar-refractivity contribution in [2.45, 2.75) is 33.1 Å². The first-order chi connectivity index (χ1) is 13.9. The summed E-state index contributed by atoms with van der Waals surface area (Å²) in [5, 5.41) is 3.57. The van der Waals surface area contributed by atoms with E-state index in [0.717, 1.165) is 23.2 Å². The van der Waals surface area contributed by atoms with Crippen LogP contribution in [-0.4, -0.2) is 45.2 Å². The van der Waals surface area contributed by atoms with E-state index in [-0.39, 0.29) is 11.5 Å². The molecule has 0 aliphatic carbocycles. The van der Waals surface area contributed by atoms with Crippen molar-refractivity contribution < 1.29 is 4.79 Å². The summed E-state index contributed by atoms with van der Waals surface area (Å²) in [6.45, 7) is 5.47. The Kier molecular flexibility index (Phi) is 6.49. The van der Waals surface area contributed by atoms with Crippen LogP contribution < -0.4 is 11.3 Å². The van der Waals surface area contributed by atoms with Crippen LogP contribution in [-0.2, 0) is 24.7 Å². The number of aromatic amines is 1. The third-order valence-corrected chi connectivity index (χ3v) is 5.43. The van der Waals surface area contributed by atoms with Gasteiger partial charge in [0.25, 0.3) is 5.56 Å². The summed E-state index contributed by atoms with van der Waals surface area (Å²) in [6, 6.07) is 10.1. The second kappa shape index (κ2) is 9.05. The maximum absolute atomic E-state index is 12.9. The highest BCUT2D eigenvalue weighted by atomic mass is 16.2. The highest BCUT2D eigenvalue weighted by Crippen LogP contribution is 2.21. The molecule has 2 heterocycles. The molecule has 0 aliphatic heterocycles. The molecule has 3 aromatic rings.